The van der Waals surface area contributed by atoms with Crippen molar-refractivity contribution in [1.29, 1.82) is 0 Å². The van der Waals surface area contributed by atoms with Crippen molar-refractivity contribution in [3.05, 3.63) is 65.4 Å². The first kappa shape index (κ1) is 20.5. The molecule has 0 bridgehead atoms. The Morgan fingerprint density at radius 1 is 1.20 bits per heavy atom. The van der Waals surface area contributed by atoms with Crippen molar-refractivity contribution in [1.82, 2.24) is 14.7 Å². The van der Waals surface area contributed by atoms with Crippen molar-refractivity contribution in [2.45, 2.75) is 0 Å². The zero-order valence-electron chi connectivity index (χ0n) is 15.3. The lowest BCUT2D eigenvalue weighted by Gasteiger charge is -2.12. The van der Waals surface area contributed by atoms with E-state index in [0.717, 1.165) is 22.3 Å². The molecule has 0 radical (unpaired) electrons. The fourth-order valence-electron chi connectivity index (χ4n) is 2.85. The number of rotatable bonds is 6. The van der Waals surface area contributed by atoms with Crippen molar-refractivity contribution in [3.8, 4) is 17.1 Å². The highest BCUT2D eigenvalue weighted by atomic mass is 32.2. The summed E-state index contributed by atoms with van der Waals surface area (Å²) in [6, 6.07) is 13.0. The molecule has 30 heavy (non-hydrogen) atoms. The van der Waals surface area contributed by atoms with E-state index in [4.69, 9.17) is 21.2 Å². The molecule has 1 aliphatic rings. The van der Waals surface area contributed by atoms with Crippen molar-refractivity contribution >= 4 is 50.4 Å². The molecule has 0 spiro atoms. The number of benzene rings is 1. The molecule has 1 saturated heterocycles. The molecule has 1 amide bonds. The van der Waals surface area contributed by atoms with Gasteiger partial charge < -0.3 is 4.42 Å². The molecule has 154 valence electrons. The molecule has 1 aliphatic heterocycles. The molecule has 8 nitrogen and oxygen atoms in total. The molecular weight excluding hydrogens is 446 g/mol. The fourth-order valence-corrected chi connectivity index (χ4v) is 4.56. The van der Waals surface area contributed by atoms with Crippen molar-refractivity contribution in [2.75, 3.05) is 12.3 Å². The predicted octanol–water partition coefficient (Wildman–Crippen LogP) is 3.22. The minimum atomic E-state index is -4.21. The van der Waals surface area contributed by atoms with Gasteiger partial charge in [-0.1, -0.05) is 42.2 Å². The van der Waals surface area contributed by atoms with Crippen LogP contribution in [0.4, 0.5) is 0 Å². The number of hydrogen-bond donors (Lipinski definition) is 1. The van der Waals surface area contributed by atoms with E-state index in [9.17, 15) is 13.2 Å². The van der Waals surface area contributed by atoms with Crippen molar-refractivity contribution in [3.63, 3.8) is 0 Å². The number of thioether (sulfide) groups is 1. The van der Waals surface area contributed by atoms with Crippen LogP contribution in [-0.4, -0.2) is 50.2 Å². The Morgan fingerprint density at radius 3 is 2.63 bits per heavy atom. The van der Waals surface area contributed by atoms with Gasteiger partial charge in [0.1, 0.15) is 10.0 Å². The first-order valence-electron chi connectivity index (χ1n) is 8.71. The smallest absolute Gasteiger partial charge is 0.266 e. The van der Waals surface area contributed by atoms with E-state index in [-0.39, 0.29) is 10.9 Å². The van der Waals surface area contributed by atoms with E-state index < -0.39 is 21.8 Å². The summed E-state index contributed by atoms with van der Waals surface area (Å²) in [6.45, 7) is -0.213. The van der Waals surface area contributed by atoms with Gasteiger partial charge in [-0.05, 0) is 30.3 Å². The Balaban J connectivity index is 1.70. The van der Waals surface area contributed by atoms with Crippen LogP contribution in [0.5, 0.6) is 0 Å². The standard InChI is InChI=1S/C19H15N3O5S3/c23-18-16(29-19(28)21(18)8-10-30(24,25)26)11-13-12-22(14-5-2-1-3-6-14)20-17(13)15-7-4-9-27-15/h1-7,9,11-12H,8,10H2,(H,24,25,26). The quantitative estimate of drug-likeness (QED) is 0.339. The molecular formula is C19H15N3O5S3. The van der Waals surface area contributed by atoms with Crippen LogP contribution in [0.15, 0.2) is 64.2 Å². The topological polar surface area (TPSA) is 106 Å². The highest BCUT2D eigenvalue weighted by molar-refractivity contribution is 8.26. The van der Waals surface area contributed by atoms with Gasteiger partial charge in [0.05, 0.1) is 22.6 Å². The van der Waals surface area contributed by atoms with Crippen LogP contribution in [0.1, 0.15) is 5.56 Å². The summed E-state index contributed by atoms with van der Waals surface area (Å²) >= 11 is 6.27. The highest BCUT2D eigenvalue weighted by Gasteiger charge is 2.33. The third-order valence-electron chi connectivity index (χ3n) is 4.25. The molecule has 1 fully saturated rings. The van der Waals surface area contributed by atoms with Crippen molar-refractivity contribution in [2.24, 2.45) is 0 Å². The molecule has 0 unspecified atom stereocenters. The molecule has 1 aromatic carbocycles. The lowest BCUT2D eigenvalue weighted by Crippen LogP contribution is -2.32. The zero-order valence-corrected chi connectivity index (χ0v) is 17.8. The molecule has 3 aromatic rings. The minimum Gasteiger partial charge on any atom is -0.463 e. The Kier molecular flexibility index (Phi) is 5.60. The number of furan rings is 1. The average Bonchev–Trinajstić information content (AvgIpc) is 3.41. The average molecular weight is 462 g/mol. The summed E-state index contributed by atoms with van der Waals surface area (Å²) in [5, 5.41) is 4.60. The lowest BCUT2D eigenvalue weighted by molar-refractivity contribution is -0.121. The van der Waals surface area contributed by atoms with Gasteiger partial charge >= 0.3 is 0 Å². The Labute approximate surface area is 181 Å². The third kappa shape index (κ3) is 4.38. The summed E-state index contributed by atoms with van der Waals surface area (Å²) in [4.78, 5) is 14.2. The van der Waals surface area contributed by atoms with Gasteiger partial charge in [0.15, 0.2) is 5.76 Å². The SMILES string of the molecule is O=C1C(=Cc2cn(-c3ccccc3)nc2-c2ccco2)SC(=S)N1CCS(=O)(=O)O. The fraction of sp³-hybridized carbons (Fsp3) is 0.105. The van der Waals surface area contributed by atoms with E-state index in [1.165, 1.54) is 6.26 Å². The second kappa shape index (κ2) is 8.19. The number of carbonyl (C=O) groups excluding carboxylic acids is 1. The van der Waals surface area contributed by atoms with Gasteiger partial charge in [-0.15, -0.1) is 0 Å². The lowest BCUT2D eigenvalue weighted by atomic mass is 10.2. The van der Waals surface area contributed by atoms with E-state index in [0.29, 0.717) is 21.9 Å². The second-order valence-electron chi connectivity index (χ2n) is 6.31. The van der Waals surface area contributed by atoms with Crippen LogP contribution in [0, 0.1) is 0 Å². The minimum absolute atomic E-state index is 0.213. The maximum atomic E-state index is 12.7. The molecule has 2 aromatic heterocycles. The molecule has 3 heterocycles. The van der Waals surface area contributed by atoms with E-state index >= 15 is 0 Å². The van der Waals surface area contributed by atoms with Gasteiger partial charge in [-0.25, -0.2) is 4.68 Å². The van der Waals surface area contributed by atoms with Crippen LogP contribution in [0.25, 0.3) is 23.2 Å². The zero-order chi connectivity index (χ0) is 21.3. The number of para-hydroxylation sites is 1. The number of amides is 1. The van der Waals surface area contributed by atoms with Crippen molar-refractivity contribution < 1.29 is 22.2 Å². The van der Waals surface area contributed by atoms with E-state index in [1.54, 1.807) is 29.1 Å². The van der Waals surface area contributed by atoms with E-state index in [2.05, 4.69) is 5.10 Å². The van der Waals surface area contributed by atoms with Gasteiger partial charge in [0, 0.05) is 18.3 Å². The van der Waals surface area contributed by atoms with Gasteiger partial charge in [0.2, 0.25) is 0 Å². The number of carbonyl (C=O) groups is 1. The third-order valence-corrected chi connectivity index (χ3v) is 6.33. The van der Waals surface area contributed by atoms with Crippen LogP contribution in [-0.2, 0) is 14.9 Å². The van der Waals surface area contributed by atoms with Crippen LogP contribution >= 0.6 is 24.0 Å². The normalized spacial score (nSPS) is 16.0. The Hall–Kier alpha value is -2.73. The maximum absolute atomic E-state index is 12.7. The highest BCUT2D eigenvalue weighted by Crippen LogP contribution is 2.34. The summed E-state index contributed by atoms with van der Waals surface area (Å²) in [7, 11) is -4.21. The number of thiocarbonyl (C=S) groups is 1. The largest absolute Gasteiger partial charge is 0.463 e. The van der Waals surface area contributed by atoms with Crippen LogP contribution in [0.2, 0.25) is 0 Å². The first-order valence-corrected chi connectivity index (χ1v) is 11.5. The number of aromatic nitrogens is 2. The van der Waals surface area contributed by atoms with Crippen LogP contribution < -0.4 is 0 Å². The maximum Gasteiger partial charge on any atom is 0.266 e. The monoisotopic (exact) mass is 461 g/mol. The summed E-state index contributed by atoms with van der Waals surface area (Å²) < 4.78 is 38.4. The summed E-state index contributed by atoms with van der Waals surface area (Å²) in [6.07, 6.45) is 4.96. The molecule has 0 atom stereocenters. The molecule has 1 N–H and O–H groups in total. The molecule has 0 saturated carbocycles. The predicted molar refractivity (Wildman–Crippen MR) is 118 cm³/mol. The number of hydrogen-bond acceptors (Lipinski definition) is 7. The van der Waals surface area contributed by atoms with Gasteiger partial charge in [0.25, 0.3) is 16.0 Å². The first-order chi connectivity index (χ1) is 14.3. The molecule has 11 heteroatoms. The second-order valence-corrected chi connectivity index (χ2v) is 9.56. The van der Waals surface area contributed by atoms with Gasteiger partial charge in [-0.3, -0.25) is 14.2 Å². The summed E-state index contributed by atoms with van der Waals surface area (Å²) in [5.74, 6) is -0.472. The Bertz CT molecular complexity index is 1230. The number of nitrogens with zero attached hydrogens (tertiary/aromatic N) is 3. The molecule has 4 rings (SSSR count). The molecule has 0 aliphatic carbocycles. The summed E-state index contributed by atoms with van der Waals surface area (Å²) in [5.41, 5.74) is 2.03. The van der Waals surface area contributed by atoms with E-state index in [1.807, 2.05) is 30.3 Å². The van der Waals surface area contributed by atoms with Crippen LogP contribution in [0.3, 0.4) is 0 Å². The van der Waals surface area contributed by atoms with Gasteiger partial charge in [-0.2, -0.15) is 13.5 Å². The Morgan fingerprint density at radius 2 is 1.97 bits per heavy atom.